The van der Waals surface area contributed by atoms with Gasteiger partial charge in [-0.05, 0) is 50.2 Å². The summed E-state index contributed by atoms with van der Waals surface area (Å²) in [5.41, 5.74) is 1.81. The standard InChI is InChI=1S/C14H20BrFN2O/c1-18(2)8-9(19)7-17-13-6-3-10-12(16)5-4-11(15)14(10)13/h4-5,9,13,17,19H,3,6-8H2,1-2H3. The molecule has 0 aromatic heterocycles. The molecule has 0 saturated carbocycles. The van der Waals surface area contributed by atoms with Crippen molar-refractivity contribution >= 4 is 15.9 Å². The maximum atomic E-state index is 13.7. The second kappa shape index (κ2) is 6.31. The number of nitrogens with one attached hydrogen (secondary N) is 1. The molecule has 0 amide bonds. The van der Waals surface area contributed by atoms with Crippen molar-refractivity contribution in [2.75, 3.05) is 27.2 Å². The van der Waals surface area contributed by atoms with E-state index in [9.17, 15) is 9.50 Å². The number of rotatable bonds is 5. The van der Waals surface area contributed by atoms with Gasteiger partial charge in [0.05, 0.1) is 6.10 Å². The number of hydrogen-bond donors (Lipinski definition) is 2. The highest BCUT2D eigenvalue weighted by atomic mass is 79.9. The zero-order valence-corrected chi connectivity index (χ0v) is 12.9. The van der Waals surface area contributed by atoms with Crippen LogP contribution in [0.15, 0.2) is 16.6 Å². The van der Waals surface area contributed by atoms with Crippen LogP contribution in [0.5, 0.6) is 0 Å². The molecule has 19 heavy (non-hydrogen) atoms. The Labute approximate surface area is 121 Å². The van der Waals surface area contributed by atoms with Gasteiger partial charge in [-0.1, -0.05) is 15.9 Å². The molecule has 0 heterocycles. The minimum atomic E-state index is -0.411. The Bertz CT molecular complexity index is 453. The van der Waals surface area contributed by atoms with Crippen molar-refractivity contribution in [1.82, 2.24) is 10.2 Å². The average Bonchev–Trinajstić information content (AvgIpc) is 2.75. The number of aliphatic hydroxyl groups excluding tert-OH is 1. The first-order chi connectivity index (χ1) is 8.99. The van der Waals surface area contributed by atoms with Crippen LogP contribution in [-0.2, 0) is 6.42 Å². The molecular weight excluding hydrogens is 311 g/mol. The number of aliphatic hydroxyl groups is 1. The molecule has 1 aliphatic rings. The lowest BCUT2D eigenvalue weighted by molar-refractivity contribution is 0.131. The number of likely N-dealkylation sites (N-methyl/N-ethyl adjacent to an activating group) is 1. The first-order valence-electron chi connectivity index (χ1n) is 6.52. The smallest absolute Gasteiger partial charge is 0.126 e. The summed E-state index contributed by atoms with van der Waals surface area (Å²) < 4.78 is 14.7. The van der Waals surface area contributed by atoms with E-state index in [-0.39, 0.29) is 11.9 Å². The number of benzene rings is 1. The monoisotopic (exact) mass is 330 g/mol. The topological polar surface area (TPSA) is 35.5 Å². The zero-order valence-electron chi connectivity index (χ0n) is 11.3. The highest BCUT2D eigenvalue weighted by Crippen LogP contribution is 2.37. The van der Waals surface area contributed by atoms with Gasteiger partial charge in [0.25, 0.3) is 0 Å². The highest BCUT2D eigenvalue weighted by molar-refractivity contribution is 9.10. The fourth-order valence-corrected chi connectivity index (χ4v) is 3.29. The van der Waals surface area contributed by atoms with Crippen molar-refractivity contribution in [2.24, 2.45) is 0 Å². The van der Waals surface area contributed by atoms with Gasteiger partial charge in [0, 0.05) is 23.6 Å². The zero-order chi connectivity index (χ0) is 14.0. The fourth-order valence-electron chi connectivity index (χ4n) is 2.64. The van der Waals surface area contributed by atoms with Crippen LogP contribution in [0.4, 0.5) is 4.39 Å². The van der Waals surface area contributed by atoms with E-state index in [0.717, 1.165) is 28.4 Å². The van der Waals surface area contributed by atoms with Crippen molar-refractivity contribution in [3.8, 4) is 0 Å². The van der Waals surface area contributed by atoms with Crippen LogP contribution >= 0.6 is 15.9 Å². The number of halogens is 2. The molecule has 5 heteroatoms. The van der Waals surface area contributed by atoms with Gasteiger partial charge in [-0.15, -0.1) is 0 Å². The van der Waals surface area contributed by atoms with Crippen molar-refractivity contribution in [1.29, 1.82) is 0 Å². The third-order valence-electron chi connectivity index (χ3n) is 3.45. The summed E-state index contributed by atoms with van der Waals surface area (Å²) in [5, 5.41) is 13.2. The minimum absolute atomic E-state index is 0.122. The lowest BCUT2D eigenvalue weighted by Crippen LogP contribution is -2.36. The first-order valence-corrected chi connectivity index (χ1v) is 7.31. The van der Waals surface area contributed by atoms with E-state index in [1.165, 1.54) is 6.07 Å². The first kappa shape index (κ1) is 14.9. The molecule has 0 radical (unpaired) electrons. The quantitative estimate of drug-likeness (QED) is 0.867. The lowest BCUT2D eigenvalue weighted by atomic mass is 10.1. The van der Waals surface area contributed by atoms with E-state index in [1.807, 2.05) is 19.0 Å². The highest BCUT2D eigenvalue weighted by Gasteiger charge is 2.27. The van der Waals surface area contributed by atoms with Crippen LogP contribution in [0.25, 0.3) is 0 Å². The molecule has 0 spiro atoms. The Morgan fingerprint density at radius 3 is 2.95 bits per heavy atom. The van der Waals surface area contributed by atoms with Crippen LogP contribution < -0.4 is 5.32 Å². The lowest BCUT2D eigenvalue weighted by Gasteiger charge is -2.20. The summed E-state index contributed by atoms with van der Waals surface area (Å²) in [6, 6.07) is 3.38. The van der Waals surface area contributed by atoms with Gasteiger partial charge < -0.3 is 15.3 Å². The number of hydrogen-bond acceptors (Lipinski definition) is 3. The average molecular weight is 331 g/mol. The van der Waals surface area contributed by atoms with Gasteiger partial charge in [0.2, 0.25) is 0 Å². The summed E-state index contributed by atoms with van der Waals surface area (Å²) in [7, 11) is 3.86. The molecule has 2 rings (SSSR count). The third-order valence-corrected chi connectivity index (χ3v) is 4.15. The van der Waals surface area contributed by atoms with E-state index >= 15 is 0 Å². The molecule has 1 aromatic rings. The van der Waals surface area contributed by atoms with Crippen LogP contribution in [0.3, 0.4) is 0 Å². The molecule has 0 saturated heterocycles. The van der Waals surface area contributed by atoms with Crippen molar-refractivity contribution < 1.29 is 9.50 Å². The Morgan fingerprint density at radius 1 is 1.53 bits per heavy atom. The molecule has 2 N–H and O–H groups in total. The van der Waals surface area contributed by atoms with Gasteiger partial charge in [-0.3, -0.25) is 0 Å². The summed E-state index contributed by atoms with van der Waals surface area (Å²) in [6.07, 6.45) is 1.22. The predicted octanol–water partition coefficient (Wildman–Crippen LogP) is 2.09. The molecule has 0 fully saturated rings. The van der Waals surface area contributed by atoms with Gasteiger partial charge in [-0.25, -0.2) is 4.39 Å². The van der Waals surface area contributed by atoms with Crippen molar-refractivity contribution in [2.45, 2.75) is 25.0 Å². The van der Waals surface area contributed by atoms with Crippen molar-refractivity contribution in [3.63, 3.8) is 0 Å². The largest absolute Gasteiger partial charge is 0.390 e. The molecule has 0 bridgehead atoms. The minimum Gasteiger partial charge on any atom is -0.390 e. The molecule has 0 aliphatic heterocycles. The summed E-state index contributed by atoms with van der Waals surface area (Å²) >= 11 is 3.49. The van der Waals surface area contributed by atoms with Crippen LogP contribution in [-0.4, -0.2) is 43.3 Å². The van der Waals surface area contributed by atoms with Crippen molar-refractivity contribution in [3.05, 3.63) is 33.5 Å². The normalized spacial score (nSPS) is 19.8. The Balaban J connectivity index is 2.01. The summed E-state index contributed by atoms with van der Waals surface area (Å²) in [6.45, 7) is 1.14. The molecule has 2 unspecified atom stereocenters. The summed E-state index contributed by atoms with van der Waals surface area (Å²) in [5.74, 6) is -0.128. The number of fused-ring (bicyclic) bond motifs is 1. The second-order valence-corrected chi connectivity index (χ2v) is 6.19. The third kappa shape index (κ3) is 3.54. The van der Waals surface area contributed by atoms with Crippen LogP contribution in [0.1, 0.15) is 23.6 Å². The molecule has 1 aliphatic carbocycles. The maximum Gasteiger partial charge on any atom is 0.126 e. The molecule has 2 atom stereocenters. The van der Waals surface area contributed by atoms with E-state index in [4.69, 9.17) is 0 Å². The SMILES string of the molecule is CN(C)CC(O)CNC1CCc2c(F)ccc(Br)c21. The molecule has 3 nitrogen and oxygen atoms in total. The van der Waals surface area contributed by atoms with E-state index < -0.39 is 6.10 Å². The van der Waals surface area contributed by atoms with Crippen LogP contribution in [0.2, 0.25) is 0 Å². The number of nitrogens with zero attached hydrogens (tertiary/aromatic N) is 1. The Kier molecular flexibility index (Phi) is 4.95. The fraction of sp³-hybridized carbons (Fsp3) is 0.571. The van der Waals surface area contributed by atoms with Crippen LogP contribution in [0, 0.1) is 5.82 Å². The molecule has 106 valence electrons. The molecule has 1 aromatic carbocycles. The summed E-state index contributed by atoms with van der Waals surface area (Å²) in [4.78, 5) is 1.95. The van der Waals surface area contributed by atoms with E-state index in [1.54, 1.807) is 6.07 Å². The van der Waals surface area contributed by atoms with Gasteiger partial charge in [0.1, 0.15) is 5.82 Å². The maximum absolute atomic E-state index is 13.7. The predicted molar refractivity (Wildman–Crippen MR) is 77.7 cm³/mol. The Hall–Kier alpha value is -0.490. The van der Waals surface area contributed by atoms with Gasteiger partial charge >= 0.3 is 0 Å². The second-order valence-electron chi connectivity index (χ2n) is 5.34. The molecular formula is C14H20BrFN2O. The van der Waals surface area contributed by atoms with Gasteiger partial charge in [-0.2, -0.15) is 0 Å². The van der Waals surface area contributed by atoms with E-state index in [0.29, 0.717) is 13.1 Å². The Morgan fingerprint density at radius 2 is 2.26 bits per heavy atom. The van der Waals surface area contributed by atoms with Gasteiger partial charge in [0.15, 0.2) is 0 Å². The van der Waals surface area contributed by atoms with E-state index in [2.05, 4.69) is 21.2 Å².